The predicted molar refractivity (Wildman–Crippen MR) is 128 cm³/mol. The lowest BCUT2D eigenvalue weighted by Gasteiger charge is -2.10. The summed E-state index contributed by atoms with van der Waals surface area (Å²) in [6.45, 7) is 0. The molecule has 0 unspecified atom stereocenters. The number of pyridine rings is 1. The Morgan fingerprint density at radius 2 is 1.45 bits per heavy atom. The molecule has 0 bridgehead atoms. The molecule has 31 heavy (non-hydrogen) atoms. The molecule has 1 saturated carbocycles. The van der Waals surface area contributed by atoms with Crippen LogP contribution in [-0.2, 0) is 6.42 Å². The Bertz CT molecular complexity index is 1360. The molecule has 0 atom stereocenters. The van der Waals surface area contributed by atoms with Gasteiger partial charge in [0, 0.05) is 28.1 Å². The molecule has 1 aliphatic rings. The van der Waals surface area contributed by atoms with Gasteiger partial charge < -0.3 is 4.42 Å². The van der Waals surface area contributed by atoms with Crippen LogP contribution in [0.3, 0.4) is 0 Å². The molecule has 0 spiro atoms. The molecule has 6 rings (SSSR count). The summed E-state index contributed by atoms with van der Waals surface area (Å²) in [5.74, 6) is 0.825. The maximum atomic E-state index is 6.56. The van der Waals surface area contributed by atoms with E-state index in [4.69, 9.17) is 9.40 Å². The number of rotatable bonds is 4. The molecule has 0 radical (unpaired) electrons. The van der Waals surface area contributed by atoms with E-state index in [0.29, 0.717) is 0 Å². The lowest BCUT2D eigenvalue weighted by Crippen LogP contribution is -1.99. The van der Waals surface area contributed by atoms with Crippen LogP contribution in [0.1, 0.15) is 31.2 Å². The predicted octanol–water partition coefficient (Wildman–Crippen LogP) is 8.05. The van der Waals surface area contributed by atoms with E-state index in [-0.39, 0.29) is 0 Å². The standard InChI is InChI=1S/C29H25NO/c1-2-10-22(11-3-1)23-12-6-13-24-25-14-7-15-26(29(25)31-28(23)24)27-19-21(16-17-30-27)18-20-8-4-5-9-20/h1-3,6-7,10-17,19-20H,4-5,8-9,18H2. The van der Waals surface area contributed by atoms with Gasteiger partial charge in [0.15, 0.2) is 0 Å². The zero-order valence-corrected chi connectivity index (χ0v) is 17.6. The zero-order valence-electron chi connectivity index (χ0n) is 17.6. The topological polar surface area (TPSA) is 26.0 Å². The van der Waals surface area contributed by atoms with E-state index in [1.165, 1.54) is 36.8 Å². The van der Waals surface area contributed by atoms with Crippen molar-refractivity contribution in [1.82, 2.24) is 4.98 Å². The van der Waals surface area contributed by atoms with Gasteiger partial charge in [0.05, 0.1) is 5.69 Å². The Morgan fingerprint density at radius 1 is 0.742 bits per heavy atom. The number of furan rings is 1. The van der Waals surface area contributed by atoms with Gasteiger partial charge >= 0.3 is 0 Å². The summed E-state index contributed by atoms with van der Waals surface area (Å²) in [5.41, 5.74) is 7.62. The van der Waals surface area contributed by atoms with Crippen molar-refractivity contribution in [1.29, 1.82) is 0 Å². The SMILES string of the molecule is c1ccc(-c2cccc3c2oc2c(-c4cc(CC5CCCC5)ccn4)cccc23)cc1. The molecule has 2 heteroatoms. The second kappa shape index (κ2) is 7.70. The first-order chi connectivity index (χ1) is 15.4. The second-order valence-corrected chi connectivity index (χ2v) is 8.74. The monoisotopic (exact) mass is 403 g/mol. The fourth-order valence-corrected chi connectivity index (χ4v) is 5.16. The zero-order chi connectivity index (χ0) is 20.6. The largest absolute Gasteiger partial charge is 0.455 e. The van der Waals surface area contributed by atoms with E-state index in [0.717, 1.165) is 51.1 Å². The fraction of sp³-hybridized carbons (Fsp3) is 0.207. The highest BCUT2D eigenvalue weighted by Crippen LogP contribution is 2.39. The van der Waals surface area contributed by atoms with Crippen molar-refractivity contribution in [2.75, 3.05) is 0 Å². The van der Waals surface area contributed by atoms with Crippen molar-refractivity contribution in [3.05, 3.63) is 90.6 Å². The summed E-state index contributed by atoms with van der Waals surface area (Å²) in [5, 5.41) is 2.30. The lowest BCUT2D eigenvalue weighted by atomic mass is 9.97. The molecule has 0 N–H and O–H groups in total. The molecule has 2 aromatic heterocycles. The first kappa shape index (κ1) is 18.4. The average Bonchev–Trinajstić information content (AvgIpc) is 3.47. The van der Waals surface area contributed by atoms with Crippen LogP contribution >= 0.6 is 0 Å². The maximum absolute atomic E-state index is 6.56. The molecule has 1 aliphatic carbocycles. The Kier molecular flexibility index (Phi) is 4.57. The molecule has 0 amide bonds. The summed E-state index contributed by atoms with van der Waals surface area (Å²) >= 11 is 0. The van der Waals surface area contributed by atoms with E-state index < -0.39 is 0 Å². The molecule has 152 valence electrons. The summed E-state index contributed by atoms with van der Waals surface area (Å²) in [4.78, 5) is 4.73. The number of benzene rings is 3. The van der Waals surface area contributed by atoms with Crippen molar-refractivity contribution in [2.45, 2.75) is 32.1 Å². The van der Waals surface area contributed by atoms with Crippen molar-refractivity contribution >= 4 is 21.9 Å². The van der Waals surface area contributed by atoms with Gasteiger partial charge in [-0.05, 0) is 41.7 Å². The Labute approximate surface area is 182 Å². The van der Waals surface area contributed by atoms with Gasteiger partial charge in [0.2, 0.25) is 0 Å². The Hall–Kier alpha value is -3.39. The molecule has 0 aliphatic heterocycles. The summed E-state index contributed by atoms with van der Waals surface area (Å²) in [6, 6.07) is 27.7. The van der Waals surface area contributed by atoms with Gasteiger partial charge in [-0.3, -0.25) is 4.98 Å². The Morgan fingerprint density at radius 3 is 2.23 bits per heavy atom. The fourth-order valence-electron chi connectivity index (χ4n) is 5.16. The minimum Gasteiger partial charge on any atom is -0.455 e. The molecule has 1 fully saturated rings. The molecular formula is C29H25NO. The van der Waals surface area contributed by atoms with Gasteiger partial charge in [-0.15, -0.1) is 0 Å². The van der Waals surface area contributed by atoms with Crippen LogP contribution in [0.5, 0.6) is 0 Å². The number of hydrogen-bond donors (Lipinski definition) is 0. The number of nitrogens with zero attached hydrogens (tertiary/aromatic N) is 1. The minimum atomic E-state index is 0.825. The highest BCUT2D eigenvalue weighted by Gasteiger charge is 2.18. The third-order valence-electron chi connectivity index (χ3n) is 6.71. The molecule has 2 nitrogen and oxygen atoms in total. The van der Waals surface area contributed by atoms with Crippen LogP contribution in [0.25, 0.3) is 44.3 Å². The maximum Gasteiger partial charge on any atom is 0.144 e. The Balaban J connectivity index is 1.49. The van der Waals surface area contributed by atoms with E-state index >= 15 is 0 Å². The highest BCUT2D eigenvalue weighted by molar-refractivity contribution is 6.12. The van der Waals surface area contributed by atoms with Gasteiger partial charge in [-0.2, -0.15) is 0 Å². The van der Waals surface area contributed by atoms with Crippen molar-refractivity contribution < 1.29 is 4.42 Å². The summed E-state index contributed by atoms with van der Waals surface area (Å²) in [7, 11) is 0. The van der Waals surface area contributed by atoms with Crippen molar-refractivity contribution in [2.24, 2.45) is 5.92 Å². The second-order valence-electron chi connectivity index (χ2n) is 8.74. The van der Waals surface area contributed by atoms with Gasteiger partial charge in [0.25, 0.3) is 0 Å². The number of hydrogen-bond acceptors (Lipinski definition) is 2. The number of fused-ring (bicyclic) bond motifs is 3. The highest BCUT2D eigenvalue weighted by atomic mass is 16.3. The van der Waals surface area contributed by atoms with Crippen LogP contribution in [0.2, 0.25) is 0 Å². The van der Waals surface area contributed by atoms with Gasteiger partial charge in [-0.1, -0.05) is 86.3 Å². The van der Waals surface area contributed by atoms with E-state index in [9.17, 15) is 0 Å². The molecule has 0 saturated heterocycles. The number of aromatic nitrogens is 1. The van der Waals surface area contributed by atoms with E-state index in [2.05, 4.69) is 72.8 Å². The van der Waals surface area contributed by atoms with E-state index in [1.807, 2.05) is 12.3 Å². The summed E-state index contributed by atoms with van der Waals surface area (Å²) < 4.78 is 6.56. The van der Waals surface area contributed by atoms with Gasteiger partial charge in [-0.25, -0.2) is 0 Å². The minimum absolute atomic E-state index is 0.825. The van der Waals surface area contributed by atoms with E-state index in [1.54, 1.807) is 0 Å². The van der Waals surface area contributed by atoms with Crippen molar-refractivity contribution in [3.63, 3.8) is 0 Å². The van der Waals surface area contributed by atoms with Crippen molar-refractivity contribution in [3.8, 4) is 22.4 Å². The first-order valence-corrected chi connectivity index (χ1v) is 11.3. The first-order valence-electron chi connectivity index (χ1n) is 11.3. The smallest absolute Gasteiger partial charge is 0.144 e. The average molecular weight is 404 g/mol. The summed E-state index contributed by atoms with van der Waals surface area (Å²) in [6.07, 6.45) is 8.59. The van der Waals surface area contributed by atoms with Crippen LogP contribution in [0.4, 0.5) is 0 Å². The van der Waals surface area contributed by atoms with Gasteiger partial charge in [0.1, 0.15) is 11.2 Å². The van der Waals surface area contributed by atoms with Crippen LogP contribution in [0, 0.1) is 5.92 Å². The molecule has 5 aromatic rings. The normalized spacial score (nSPS) is 14.6. The molecule has 3 aromatic carbocycles. The molecular weight excluding hydrogens is 378 g/mol. The number of para-hydroxylation sites is 2. The third-order valence-corrected chi connectivity index (χ3v) is 6.71. The quantitative estimate of drug-likeness (QED) is 0.303. The van der Waals surface area contributed by atoms with Crippen LogP contribution in [-0.4, -0.2) is 4.98 Å². The molecule has 2 heterocycles. The lowest BCUT2D eigenvalue weighted by molar-refractivity contribution is 0.546. The van der Waals surface area contributed by atoms with Crippen LogP contribution < -0.4 is 0 Å². The third kappa shape index (κ3) is 3.33. The van der Waals surface area contributed by atoms with Crippen LogP contribution in [0.15, 0.2) is 89.5 Å².